The van der Waals surface area contributed by atoms with E-state index in [4.69, 9.17) is 25.8 Å². The fourth-order valence-corrected chi connectivity index (χ4v) is 2.09. The van der Waals surface area contributed by atoms with Gasteiger partial charge in [-0.2, -0.15) is 0 Å². The van der Waals surface area contributed by atoms with E-state index in [0.29, 0.717) is 17.1 Å². The number of hydrogen-bond acceptors (Lipinski definition) is 7. The highest BCUT2D eigenvalue weighted by Gasteiger charge is 2.16. The molecule has 1 aromatic carbocycles. The number of nitro groups is 1. The first kappa shape index (κ1) is 17.5. The molecule has 2 rings (SSSR count). The zero-order valence-corrected chi connectivity index (χ0v) is 13.6. The Morgan fingerprint density at radius 1 is 1.25 bits per heavy atom. The van der Waals surface area contributed by atoms with Crippen molar-refractivity contribution in [3.05, 3.63) is 51.2 Å². The minimum atomic E-state index is -0.624. The van der Waals surface area contributed by atoms with E-state index >= 15 is 0 Å². The summed E-state index contributed by atoms with van der Waals surface area (Å²) in [4.78, 5) is 25.7. The van der Waals surface area contributed by atoms with Crippen LogP contribution in [0.25, 0.3) is 0 Å². The molecule has 0 spiro atoms. The van der Waals surface area contributed by atoms with Gasteiger partial charge in [0.15, 0.2) is 24.3 Å². The Kier molecular flexibility index (Phi) is 5.54. The molecule has 1 heterocycles. The van der Waals surface area contributed by atoms with Crippen LogP contribution in [-0.2, 0) is 0 Å². The molecule has 9 heteroatoms. The Morgan fingerprint density at radius 3 is 2.33 bits per heavy atom. The van der Waals surface area contributed by atoms with Crippen molar-refractivity contribution in [2.24, 2.45) is 0 Å². The molecule has 0 unspecified atom stereocenters. The quantitative estimate of drug-likeness (QED) is 0.429. The number of carbonyl (C=O) groups is 1. The zero-order valence-electron chi connectivity index (χ0n) is 12.8. The van der Waals surface area contributed by atoms with E-state index in [9.17, 15) is 14.9 Å². The predicted octanol–water partition coefficient (Wildman–Crippen LogP) is 2.92. The lowest BCUT2D eigenvalue weighted by Crippen LogP contribution is -2.12. The number of halogens is 1. The summed E-state index contributed by atoms with van der Waals surface area (Å²) in [6.07, 6.45) is 1.18. The number of benzene rings is 1. The maximum absolute atomic E-state index is 12.2. The second-order valence-electron chi connectivity index (χ2n) is 4.52. The first-order chi connectivity index (χ1) is 11.5. The summed E-state index contributed by atoms with van der Waals surface area (Å²) in [5.41, 5.74) is 0.294. The fraction of sp³-hybridized carbons (Fsp3) is 0.200. The van der Waals surface area contributed by atoms with Gasteiger partial charge in [-0.25, -0.2) is 0 Å². The lowest BCUT2D eigenvalue weighted by molar-refractivity contribution is -0.389. The van der Waals surface area contributed by atoms with Crippen molar-refractivity contribution >= 4 is 23.2 Å². The summed E-state index contributed by atoms with van der Waals surface area (Å²) >= 11 is 6.04. The fourth-order valence-electron chi connectivity index (χ4n) is 1.83. The van der Waals surface area contributed by atoms with Crippen molar-refractivity contribution < 1.29 is 23.9 Å². The number of carbonyl (C=O) groups excluding carboxylic acids is 1. The molecule has 0 bridgehead atoms. The number of methoxy groups -OCH3 is 2. The van der Waals surface area contributed by atoms with E-state index in [2.05, 4.69) is 4.98 Å². The van der Waals surface area contributed by atoms with Gasteiger partial charge in [-0.05, 0) is 28.1 Å². The van der Waals surface area contributed by atoms with Crippen LogP contribution in [0.5, 0.6) is 17.2 Å². The van der Waals surface area contributed by atoms with Crippen molar-refractivity contribution in [2.75, 3.05) is 20.8 Å². The topological polar surface area (TPSA) is 101 Å². The maximum atomic E-state index is 12.2. The number of nitrogens with zero attached hydrogens (tertiary/aromatic N) is 2. The Bertz CT molecular complexity index is 738. The SMILES string of the molecule is COc1cc(C(=O)COc2ccc([N+](=O)[O-])nc2)cc(OC)c1Cl. The molecule has 0 aliphatic heterocycles. The van der Waals surface area contributed by atoms with Gasteiger partial charge in [0.25, 0.3) is 0 Å². The third kappa shape index (κ3) is 3.90. The number of Topliss-reactive ketones (excluding diaryl/α,β-unsaturated/α-hetero) is 1. The minimum Gasteiger partial charge on any atom is -0.495 e. The van der Waals surface area contributed by atoms with Crippen LogP contribution in [-0.4, -0.2) is 36.5 Å². The van der Waals surface area contributed by atoms with Gasteiger partial charge in [-0.15, -0.1) is 0 Å². The summed E-state index contributed by atoms with van der Waals surface area (Å²) in [6, 6.07) is 5.50. The number of ether oxygens (including phenoxy) is 3. The van der Waals surface area contributed by atoms with Crippen LogP contribution in [0.15, 0.2) is 30.5 Å². The maximum Gasteiger partial charge on any atom is 0.363 e. The molecule has 1 aromatic heterocycles. The Balaban J connectivity index is 2.11. The molecule has 0 radical (unpaired) electrons. The van der Waals surface area contributed by atoms with Crippen LogP contribution in [0.4, 0.5) is 5.82 Å². The second kappa shape index (κ2) is 7.60. The van der Waals surface area contributed by atoms with E-state index in [0.717, 1.165) is 0 Å². The standard InChI is InChI=1S/C15H13ClN2O6/c1-22-12-5-9(6-13(23-2)15(12)16)11(19)8-24-10-3-4-14(17-7-10)18(20)21/h3-7H,8H2,1-2H3. The molecule has 0 saturated carbocycles. The van der Waals surface area contributed by atoms with Gasteiger partial charge in [0.2, 0.25) is 0 Å². The molecule has 0 amide bonds. The summed E-state index contributed by atoms with van der Waals surface area (Å²) in [6.45, 7) is -0.284. The lowest BCUT2D eigenvalue weighted by atomic mass is 10.1. The molecule has 0 N–H and O–H groups in total. The van der Waals surface area contributed by atoms with Gasteiger partial charge in [0.05, 0.1) is 14.2 Å². The molecule has 0 aliphatic carbocycles. The minimum absolute atomic E-state index is 0.238. The molecule has 0 fully saturated rings. The zero-order chi connectivity index (χ0) is 17.7. The summed E-state index contributed by atoms with van der Waals surface area (Å²) in [5.74, 6) is 0.192. The molecule has 126 valence electrons. The normalized spacial score (nSPS) is 10.1. The molecule has 0 saturated heterocycles. The van der Waals surface area contributed by atoms with Gasteiger partial charge in [0, 0.05) is 11.6 Å². The van der Waals surface area contributed by atoms with Gasteiger partial charge >= 0.3 is 5.82 Å². The summed E-state index contributed by atoms with van der Waals surface area (Å²) in [7, 11) is 2.85. The average Bonchev–Trinajstić information content (AvgIpc) is 2.60. The van der Waals surface area contributed by atoms with E-state index in [1.54, 1.807) is 0 Å². The van der Waals surface area contributed by atoms with E-state index in [1.807, 2.05) is 0 Å². The van der Waals surface area contributed by atoms with E-state index < -0.39 is 4.92 Å². The molecule has 0 atom stereocenters. The average molecular weight is 353 g/mol. The van der Waals surface area contributed by atoms with Crippen LogP contribution in [0, 0.1) is 10.1 Å². The summed E-state index contributed by atoms with van der Waals surface area (Å²) in [5, 5.41) is 10.8. The number of aromatic nitrogens is 1. The number of rotatable bonds is 7. The van der Waals surface area contributed by atoms with Crippen LogP contribution in [0.3, 0.4) is 0 Å². The van der Waals surface area contributed by atoms with E-state index in [1.165, 1.54) is 44.7 Å². The first-order valence-corrected chi connectivity index (χ1v) is 7.02. The Labute approximate surface area is 142 Å². The van der Waals surface area contributed by atoms with Crippen molar-refractivity contribution in [2.45, 2.75) is 0 Å². The number of hydrogen-bond donors (Lipinski definition) is 0. The van der Waals surface area contributed by atoms with Crippen LogP contribution >= 0.6 is 11.6 Å². The van der Waals surface area contributed by atoms with Crippen LogP contribution < -0.4 is 14.2 Å². The lowest BCUT2D eigenvalue weighted by Gasteiger charge is -2.11. The largest absolute Gasteiger partial charge is 0.495 e. The monoisotopic (exact) mass is 352 g/mol. The molecule has 2 aromatic rings. The molecule has 0 aliphatic rings. The van der Waals surface area contributed by atoms with Crippen molar-refractivity contribution in [1.82, 2.24) is 4.98 Å². The van der Waals surface area contributed by atoms with Gasteiger partial charge in [0.1, 0.15) is 16.5 Å². The Hall–Kier alpha value is -2.87. The van der Waals surface area contributed by atoms with Crippen LogP contribution in [0.2, 0.25) is 5.02 Å². The number of ketones is 1. The predicted molar refractivity (Wildman–Crippen MR) is 85.3 cm³/mol. The van der Waals surface area contributed by atoms with Gasteiger partial charge in [-0.1, -0.05) is 11.6 Å². The highest BCUT2D eigenvalue weighted by Crippen LogP contribution is 2.35. The number of pyridine rings is 1. The van der Waals surface area contributed by atoms with E-state index in [-0.39, 0.29) is 29.0 Å². The van der Waals surface area contributed by atoms with Gasteiger partial charge in [-0.3, -0.25) is 4.79 Å². The van der Waals surface area contributed by atoms with Crippen molar-refractivity contribution in [1.29, 1.82) is 0 Å². The molecule has 24 heavy (non-hydrogen) atoms. The first-order valence-electron chi connectivity index (χ1n) is 6.64. The molecule has 8 nitrogen and oxygen atoms in total. The highest BCUT2D eigenvalue weighted by atomic mass is 35.5. The Morgan fingerprint density at radius 2 is 1.88 bits per heavy atom. The third-order valence-corrected chi connectivity index (χ3v) is 3.42. The summed E-state index contributed by atoms with van der Waals surface area (Å²) < 4.78 is 15.5. The van der Waals surface area contributed by atoms with Crippen molar-refractivity contribution in [3.63, 3.8) is 0 Å². The molecular formula is C15H13ClN2O6. The highest BCUT2D eigenvalue weighted by molar-refractivity contribution is 6.33. The van der Waals surface area contributed by atoms with Gasteiger partial charge < -0.3 is 24.3 Å². The van der Waals surface area contributed by atoms with Crippen molar-refractivity contribution in [3.8, 4) is 17.2 Å². The second-order valence-corrected chi connectivity index (χ2v) is 4.89. The smallest absolute Gasteiger partial charge is 0.363 e. The molecular weight excluding hydrogens is 340 g/mol. The van der Waals surface area contributed by atoms with Crippen LogP contribution in [0.1, 0.15) is 10.4 Å². The third-order valence-electron chi connectivity index (χ3n) is 3.05.